The molecule has 0 bridgehead atoms. The fourth-order valence-corrected chi connectivity index (χ4v) is 2.23. The van der Waals surface area contributed by atoms with E-state index in [-0.39, 0.29) is 5.75 Å². The average molecular weight is 228 g/mol. The highest BCUT2D eigenvalue weighted by Crippen LogP contribution is 2.29. The van der Waals surface area contributed by atoms with E-state index in [0.717, 1.165) is 24.1 Å². The Balaban J connectivity index is 2.72. The lowest BCUT2D eigenvalue weighted by molar-refractivity contribution is 0.0529. The Hall–Kier alpha value is -1.03. The van der Waals surface area contributed by atoms with Gasteiger partial charge in [0.2, 0.25) is 0 Å². The predicted molar refractivity (Wildman–Crippen MR) is 60.6 cm³/mol. The Kier molecular flexibility index (Phi) is 4.62. The molecule has 1 rings (SSSR count). The number of carbonyl (C=O) groups is 1. The first-order valence-electron chi connectivity index (χ1n) is 5.17. The van der Waals surface area contributed by atoms with Gasteiger partial charge in [0.1, 0.15) is 5.75 Å². The molecule has 15 heavy (non-hydrogen) atoms. The van der Waals surface area contributed by atoms with E-state index >= 15 is 0 Å². The minimum absolute atomic E-state index is 0.0459. The topological polar surface area (TPSA) is 46.5 Å². The molecule has 0 radical (unpaired) electrons. The van der Waals surface area contributed by atoms with Crippen molar-refractivity contribution in [3.05, 3.63) is 15.8 Å². The molecule has 0 saturated carbocycles. The molecule has 3 nitrogen and oxygen atoms in total. The van der Waals surface area contributed by atoms with Crippen LogP contribution in [-0.2, 0) is 11.2 Å². The normalized spacial score (nSPS) is 10.3. The summed E-state index contributed by atoms with van der Waals surface area (Å²) in [6, 6.07) is 1.66. The van der Waals surface area contributed by atoms with Crippen molar-refractivity contribution in [2.24, 2.45) is 0 Å². The molecule has 0 aliphatic heterocycles. The molecule has 4 heteroatoms. The highest BCUT2D eigenvalue weighted by Gasteiger charge is 2.16. The zero-order valence-electron chi connectivity index (χ0n) is 9.08. The molecule has 0 aromatic carbocycles. The summed E-state index contributed by atoms with van der Waals surface area (Å²) in [6.45, 7) is 4.20. The molecular formula is C11H16O3S. The lowest BCUT2D eigenvalue weighted by atomic mass is 10.2. The lowest BCUT2D eigenvalue weighted by Gasteiger charge is -1.98. The van der Waals surface area contributed by atoms with E-state index in [1.165, 1.54) is 11.3 Å². The summed E-state index contributed by atoms with van der Waals surface area (Å²) in [6.07, 6.45) is 3.09. The van der Waals surface area contributed by atoms with Gasteiger partial charge in [0.05, 0.1) is 6.61 Å². The molecule has 0 aliphatic rings. The fourth-order valence-electron chi connectivity index (χ4n) is 1.25. The number of ether oxygens (including phenoxy) is 1. The maximum absolute atomic E-state index is 11.4. The minimum atomic E-state index is -0.428. The van der Waals surface area contributed by atoms with Crippen LogP contribution in [0.3, 0.4) is 0 Å². The van der Waals surface area contributed by atoms with Gasteiger partial charge in [-0.2, -0.15) is 0 Å². The molecule has 0 aliphatic carbocycles. The monoisotopic (exact) mass is 228 g/mol. The van der Waals surface area contributed by atoms with Crippen LogP contribution in [0.5, 0.6) is 5.75 Å². The van der Waals surface area contributed by atoms with Gasteiger partial charge in [0, 0.05) is 4.88 Å². The number of thiophene rings is 1. The number of hydrogen-bond acceptors (Lipinski definition) is 4. The van der Waals surface area contributed by atoms with Gasteiger partial charge in [-0.25, -0.2) is 4.79 Å². The van der Waals surface area contributed by atoms with Crippen molar-refractivity contribution in [2.75, 3.05) is 6.61 Å². The summed E-state index contributed by atoms with van der Waals surface area (Å²) < 4.78 is 4.84. The average Bonchev–Trinajstić information content (AvgIpc) is 2.57. The second-order valence-corrected chi connectivity index (χ2v) is 4.39. The Morgan fingerprint density at radius 1 is 1.53 bits per heavy atom. The number of esters is 1. The highest BCUT2D eigenvalue weighted by atomic mass is 32.1. The van der Waals surface area contributed by atoms with Gasteiger partial charge in [0.25, 0.3) is 0 Å². The molecule has 0 fully saturated rings. The van der Waals surface area contributed by atoms with Crippen molar-refractivity contribution in [1.82, 2.24) is 0 Å². The molecule has 1 aromatic heterocycles. The van der Waals surface area contributed by atoms with E-state index in [1.807, 2.05) is 0 Å². The largest absolute Gasteiger partial charge is 0.506 e. The molecule has 1 heterocycles. The van der Waals surface area contributed by atoms with Crippen molar-refractivity contribution in [3.8, 4) is 5.75 Å². The maximum Gasteiger partial charge on any atom is 0.352 e. The second-order valence-electron chi connectivity index (χ2n) is 3.25. The van der Waals surface area contributed by atoms with E-state index in [4.69, 9.17) is 4.74 Å². The van der Waals surface area contributed by atoms with Gasteiger partial charge in [-0.15, -0.1) is 11.3 Å². The lowest BCUT2D eigenvalue weighted by Crippen LogP contribution is -2.01. The van der Waals surface area contributed by atoms with E-state index in [2.05, 4.69) is 6.92 Å². The molecule has 0 amide bonds. The Labute approximate surface area is 93.7 Å². The summed E-state index contributed by atoms with van der Waals surface area (Å²) in [5, 5.41) is 9.54. The Bertz CT molecular complexity index is 331. The van der Waals surface area contributed by atoms with Crippen molar-refractivity contribution >= 4 is 17.3 Å². The number of carbonyl (C=O) groups excluding carboxylic acids is 1. The SMILES string of the molecule is CCCCc1cc(O)c(C(=O)OCC)s1. The minimum Gasteiger partial charge on any atom is -0.506 e. The first kappa shape index (κ1) is 12.0. The zero-order valence-corrected chi connectivity index (χ0v) is 9.89. The van der Waals surface area contributed by atoms with Gasteiger partial charge >= 0.3 is 5.97 Å². The Morgan fingerprint density at radius 2 is 2.27 bits per heavy atom. The smallest absolute Gasteiger partial charge is 0.352 e. The molecular weight excluding hydrogens is 212 g/mol. The number of hydrogen-bond donors (Lipinski definition) is 1. The van der Waals surface area contributed by atoms with Crippen molar-refractivity contribution < 1.29 is 14.6 Å². The van der Waals surface area contributed by atoms with Crippen LogP contribution >= 0.6 is 11.3 Å². The Morgan fingerprint density at radius 3 is 2.87 bits per heavy atom. The van der Waals surface area contributed by atoms with Crippen molar-refractivity contribution in [2.45, 2.75) is 33.1 Å². The number of unbranched alkanes of at least 4 members (excludes halogenated alkanes) is 1. The van der Waals surface area contributed by atoms with Crippen LogP contribution in [0.1, 0.15) is 41.2 Å². The standard InChI is InChI=1S/C11H16O3S/c1-3-5-6-8-7-9(12)10(15-8)11(13)14-4-2/h7,12H,3-6H2,1-2H3. The summed E-state index contributed by atoms with van der Waals surface area (Å²) in [5.41, 5.74) is 0. The first-order valence-corrected chi connectivity index (χ1v) is 5.99. The molecule has 0 saturated heterocycles. The van der Waals surface area contributed by atoms with Crippen LogP contribution in [0.15, 0.2) is 6.07 Å². The fraction of sp³-hybridized carbons (Fsp3) is 0.545. The molecule has 1 N–H and O–H groups in total. The van der Waals surface area contributed by atoms with E-state index in [1.54, 1.807) is 13.0 Å². The highest BCUT2D eigenvalue weighted by molar-refractivity contribution is 7.14. The molecule has 1 aromatic rings. The maximum atomic E-state index is 11.4. The number of rotatable bonds is 5. The number of aromatic hydroxyl groups is 1. The third-order valence-corrected chi connectivity index (χ3v) is 3.17. The van der Waals surface area contributed by atoms with Crippen LogP contribution in [0, 0.1) is 0 Å². The van der Waals surface area contributed by atoms with Crippen molar-refractivity contribution in [3.63, 3.8) is 0 Å². The molecule has 0 atom stereocenters. The van der Waals surface area contributed by atoms with Crippen molar-refractivity contribution in [1.29, 1.82) is 0 Å². The second kappa shape index (κ2) is 5.75. The van der Waals surface area contributed by atoms with Crippen LogP contribution < -0.4 is 0 Å². The van der Waals surface area contributed by atoms with Gasteiger partial charge in [-0.1, -0.05) is 13.3 Å². The third kappa shape index (κ3) is 3.23. The molecule has 84 valence electrons. The summed E-state index contributed by atoms with van der Waals surface area (Å²) in [7, 11) is 0. The van der Waals surface area contributed by atoms with Crippen LogP contribution in [0.4, 0.5) is 0 Å². The van der Waals surface area contributed by atoms with Gasteiger partial charge in [-0.3, -0.25) is 0 Å². The summed E-state index contributed by atoms with van der Waals surface area (Å²) in [5.74, 6) is -0.382. The van der Waals surface area contributed by atoms with Gasteiger partial charge in [0.15, 0.2) is 4.88 Å². The predicted octanol–water partition coefficient (Wildman–Crippen LogP) is 2.97. The van der Waals surface area contributed by atoms with E-state index < -0.39 is 5.97 Å². The van der Waals surface area contributed by atoms with E-state index in [0.29, 0.717) is 11.5 Å². The van der Waals surface area contributed by atoms with Crippen LogP contribution in [-0.4, -0.2) is 17.7 Å². The van der Waals surface area contributed by atoms with Gasteiger partial charge in [-0.05, 0) is 25.8 Å². The third-order valence-electron chi connectivity index (χ3n) is 2.00. The first-order chi connectivity index (χ1) is 7.19. The van der Waals surface area contributed by atoms with E-state index in [9.17, 15) is 9.90 Å². The molecule has 0 spiro atoms. The number of aryl methyl sites for hydroxylation is 1. The summed E-state index contributed by atoms with van der Waals surface area (Å²) >= 11 is 1.32. The van der Waals surface area contributed by atoms with Crippen LogP contribution in [0.2, 0.25) is 0 Å². The molecule has 0 unspecified atom stereocenters. The summed E-state index contributed by atoms with van der Waals surface area (Å²) in [4.78, 5) is 12.7. The van der Waals surface area contributed by atoms with Crippen LogP contribution in [0.25, 0.3) is 0 Å². The van der Waals surface area contributed by atoms with Gasteiger partial charge < -0.3 is 9.84 Å². The zero-order chi connectivity index (χ0) is 11.3. The quantitative estimate of drug-likeness (QED) is 0.788.